The van der Waals surface area contributed by atoms with Crippen LogP contribution in [0.25, 0.3) is 0 Å². The van der Waals surface area contributed by atoms with Gasteiger partial charge in [-0.15, -0.1) is 10.2 Å². The molecular formula is C13H12N2O4S. The number of ketones is 1. The highest BCUT2D eigenvalue weighted by Crippen LogP contribution is 2.35. The first kappa shape index (κ1) is 13.0. The molecule has 1 aromatic carbocycles. The van der Waals surface area contributed by atoms with Crippen molar-refractivity contribution >= 4 is 17.5 Å². The Kier molecular flexibility index (Phi) is 3.60. The summed E-state index contributed by atoms with van der Waals surface area (Å²) in [6.45, 7) is 1.83. The van der Waals surface area contributed by atoms with Gasteiger partial charge in [0.2, 0.25) is 6.10 Å². The minimum Gasteiger partial charge on any atom is -0.485 e. The molecule has 3 rings (SSSR count). The zero-order valence-electron chi connectivity index (χ0n) is 10.7. The highest BCUT2D eigenvalue weighted by Gasteiger charge is 2.27. The smallest absolute Gasteiger partial charge is 0.277 e. The minimum absolute atomic E-state index is 0.0564. The standard InChI is InChI=1S/C13H12N2O4S/c1-8(16)7-20-13-15-14-12(19-13)11-6-17-9-4-2-3-5-10(9)18-11/h2-5,11H,6-7H2,1H3. The van der Waals surface area contributed by atoms with Gasteiger partial charge in [-0.1, -0.05) is 23.9 Å². The van der Waals surface area contributed by atoms with E-state index in [-0.39, 0.29) is 5.78 Å². The molecule has 104 valence electrons. The lowest BCUT2D eigenvalue weighted by Crippen LogP contribution is -2.21. The van der Waals surface area contributed by atoms with Crippen molar-refractivity contribution in [3.63, 3.8) is 0 Å². The number of ether oxygens (including phenoxy) is 2. The number of nitrogens with zero attached hydrogens (tertiary/aromatic N) is 2. The van der Waals surface area contributed by atoms with E-state index < -0.39 is 6.10 Å². The monoisotopic (exact) mass is 292 g/mol. The molecule has 20 heavy (non-hydrogen) atoms. The highest BCUT2D eigenvalue weighted by atomic mass is 32.2. The van der Waals surface area contributed by atoms with Gasteiger partial charge in [-0.05, 0) is 19.1 Å². The second-order valence-electron chi connectivity index (χ2n) is 4.26. The molecule has 1 atom stereocenters. The molecule has 1 unspecified atom stereocenters. The van der Waals surface area contributed by atoms with E-state index in [2.05, 4.69) is 10.2 Å². The van der Waals surface area contributed by atoms with Crippen LogP contribution in [0.2, 0.25) is 0 Å². The molecule has 2 heterocycles. The number of thioether (sulfide) groups is 1. The van der Waals surface area contributed by atoms with Crippen LogP contribution in [0.15, 0.2) is 33.9 Å². The average Bonchev–Trinajstić information content (AvgIpc) is 2.93. The Morgan fingerprint density at radius 2 is 2.15 bits per heavy atom. The molecule has 0 radical (unpaired) electrons. The number of hydrogen-bond donors (Lipinski definition) is 0. The van der Waals surface area contributed by atoms with Crippen molar-refractivity contribution in [3.8, 4) is 11.5 Å². The molecule has 1 aliphatic heterocycles. The van der Waals surface area contributed by atoms with Crippen LogP contribution in [-0.4, -0.2) is 28.3 Å². The molecule has 0 spiro atoms. The summed E-state index contributed by atoms with van der Waals surface area (Å²) in [5.41, 5.74) is 0. The fraction of sp³-hybridized carbons (Fsp3) is 0.308. The molecule has 0 saturated heterocycles. The van der Waals surface area contributed by atoms with E-state index in [1.807, 2.05) is 24.3 Å². The van der Waals surface area contributed by atoms with E-state index in [9.17, 15) is 4.79 Å². The molecule has 7 heteroatoms. The van der Waals surface area contributed by atoms with E-state index >= 15 is 0 Å². The molecule has 0 amide bonds. The summed E-state index contributed by atoms with van der Waals surface area (Å²) >= 11 is 1.21. The summed E-state index contributed by atoms with van der Waals surface area (Å²) in [6.07, 6.45) is -0.427. The van der Waals surface area contributed by atoms with Crippen LogP contribution >= 0.6 is 11.8 Å². The Hall–Kier alpha value is -2.02. The molecule has 0 fully saturated rings. The maximum absolute atomic E-state index is 10.9. The van der Waals surface area contributed by atoms with Crippen LogP contribution in [0.5, 0.6) is 11.5 Å². The lowest BCUT2D eigenvalue weighted by atomic mass is 10.2. The Balaban J connectivity index is 1.70. The Bertz CT molecular complexity index is 628. The zero-order valence-corrected chi connectivity index (χ0v) is 11.6. The maximum atomic E-state index is 10.9. The van der Waals surface area contributed by atoms with Crippen molar-refractivity contribution in [1.82, 2.24) is 10.2 Å². The van der Waals surface area contributed by atoms with Gasteiger partial charge < -0.3 is 13.9 Å². The van der Waals surface area contributed by atoms with Gasteiger partial charge >= 0.3 is 0 Å². The number of rotatable bonds is 4. The van der Waals surface area contributed by atoms with E-state index in [0.717, 1.165) is 0 Å². The molecule has 2 aromatic rings. The second-order valence-corrected chi connectivity index (χ2v) is 5.19. The number of carbonyl (C=O) groups is 1. The lowest BCUT2D eigenvalue weighted by molar-refractivity contribution is -0.114. The first-order valence-corrected chi connectivity index (χ1v) is 7.05. The predicted molar refractivity (Wildman–Crippen MR) is 71.0 cm³/mol. The summed E-state index contributed by atoms with van der Waals surface area (Å²) in [5.74, 6) is 2.08. The first-order chi connectivity index (χ1) is 9.72. The Morgan fingerprint density at radius 3 is 2.95 bits per heavy atom. The SMILES string of the molecule is CC(=O)CSc1nnc(C2COc3ccccc3O2)o1. The second kappa shape index (κ2) is 5.54. The molecule has 1 aromatic heterocycles. The third-order valence-electron chi connectivity index (χ3n) is 2.61. The molecular weight excluding hydrogens is 280 g/mol. The number of para-hydroxylation sites is 2. The molecule has 0 saturated carbocycles. The summed E-state index contributed by atoms with van der Waals surface area (Å²) in [7, 11) is 0. The normalized spacial score (nSPS) is 16.9. The van der Waals surface area contributed by atoms with Gasteiger partial charge in [0.15, 0.2) is 11.5 Å². The van der Waals surface area contributed by atoms with Crippen LogP contribution < -0.4 is 9.47 Å². The van der Waals surface area contributed by atoms with Crippen LogP contribution in [0.4, 0.5) is 0 Å². The quantitative estimate of drug-likeness (QED) is 0.800. The van der Waals surface area contributed by atoms with Gasteiger partial charge in [-0.3, -0.25) is 4.79 Å². The molecule has 6 nitrogen and oxygen atoms in total. The van der Waals surface area contributed by atoms with Crippen molar-refractivity contribution in [1.29, 1.82) is 0 Å². The summed E-state index contributed by atoms with van der Waals surface area (Å²) in [6, 6.07) is 7.41. The van der Waals surface area contributed by atoms with Crippen molar-refractivity contribution in [2.45, 2.75) is 18.3 Å². The van der Waals surface area contributed by atoms with Gasteiger partial charge in [-0.2, -0.15) is 0 Å². The van der Waals surface area contributed by atoms with Crippen molar-refractivity contribution in [3.05, 3.63) is 30.2 Å². The average molecular weight is 292 g/mol. The van der Waals surface area contributed by atoms with Crippen molar-refractivity contribution in [2.24, 2.45) is 0 Å². The van der Waals surface area contributed by atoms with Crippen molar-refractivity contribution < 1.29 is 18.7 Å². The lowest BCUT2D eigenvalue weighted by Gasteiger charge is -2.23. The summed E-state index contributed by atoms with van der Waals surface area (Å²) in [4.78, 5) is 10.9. The largest absolute Gasteiger partial charge is 0.485 e. The van der Waals surface area contributed by atoms with E-state index in [0.29, 0.717) is 35.0 Å². The number of hydrogen-bond acceptors (Lipinski definition) is 7. The molecule has 0 bridgehead atoms. The number of carbonyl (C=O) groups excluding carboxylic acids is 1. The Labute approximate surface area is 119 Å². The highest BCUT2D eigenvalue weighted by molar-refractivity contribution is 7.99. The first-order valence-electron chi connectivity index (χ1n) is 6.06. The number of benzene rings is 1. The predicted octanol–water partition coefficient (Wildman–Crippen LogP) is 2.26. The fourth-order valence-electron chi connectivity index (χ4n) is 1.71. The van der Waals surface area contributed by atoms with Crippen LogP contribution in [0, 0.1) is 0 Å². The van der Waals surface area contributed by atoms with E-state index in [1.165, 1.54) is 18.7 Å². The van der Waals surface area contributed by atoms with E-state index in [4.69, 9.17) is 13.9 Å². The molecule has 1 aliphatic rings. The number of Topliss-reactive ketones (excluding diaryl/α,β-unsaturated/α-hetero) is 1. The third-order valence-corrected chi connectivity index (χ3v) is 3.57. The van der Waals surface area contributed by atoms with Gasteiger partial charge in [0, 0.05) is 0 Å². The molecule has 0 aliphatic carbocycles. The topological polar surface area (TPSA) is 74.5 Å². The van der Waals surface area contributed by atoms with Gasteiger partial charge in [0.1, 0.15) is 12.4 Å². The molecule has 0 N–H and O–H groups in total. The number of fused-ring (bicyclic) bond motifs is 1. The summed E-state index contributed by atoms with van der Waals surface area (Å²) < 4.78 is 16.8. The fourth-order valence-corrected chi connectivity index (χ4v) is 2.28. The zero-order chi connectivity index (χ0) is 13.9. The van der Waals surface area contributed by atoms with Gasteiger partial charge in [0.25, 0.3) is 11.1 Å². The number of aromatic nitrogens is 2. The minimum atomic E-state index is -0.427. The van der Waals surface area contributed by atoms with Gasteiger partial charge in [0.05, 0.1) is 5.75 Å². The maximum Gasteiger partial charge on any atom is 0.277 e. The van der Waals surface area contributed by atoms with Crippen LogP contribution in [-0.2, 0) is 4.79 Å². The summed E-state index contributed by atoms with van der Waals surface area (Å²) in [5, 5.41) is 8.17. The van der Waals surface area contributed by atoms with E-state index in [1.54, 1.807) is 0 Å². The third kappa shape index (κ3) is 2.77. The van der Waals surface area contributed by atoms with Crippen LogP contribution in [0.1, 0.15) is 18.9 Å². The Morgan fingerprint density at radius 1 is 1.35 bits per heavy atom. The van der Waals surface area contributed by atoms with Crippen LogP contribution in [0.3, 0.4) is 0 Å². The van der Waals surface area contributed by atoms with Crippen molar-refractivity contribution in [2.75, 3.05) is 12.4 Å². The van der Waals surface area contributed by atoms with Gasteiger partial charge in [-0.25, -0.2) is 0 Å².